The Hall–Kier alpha value is -3.40. The Morgan fingerprint density at radius 2 is 1.74 bits per heavy atom. The molecule has 0 bridgehead atoms. The van der Waals surface area contributed by atoms with Crippen LogP contribution < -0.4 is 24.8 Å². The van der Waals surface area contributed by atoms with E-state index >= 15 is 0 Å². The first-order chi connectivity index (χ1) is 14.7. The van der Waals surface area contributed by atoms with Crippen molar-refractivity contribution < 1.29 is 19.0 Å². The van der Waals surface area contributed by atoms with Crippen LogP contribution in [0.2, 0.25) is 0 Å². The number of carbonyl (C=O) groups excluding carboxylic acids is 1. The lowest BCUT2D eigenvalue weighted by molar-refractivity contribution is 0.102. The summed E-state index contributed by atoms with van der Waals surface area (Å²) in [5.41, 5.74) is 1.54. The zero-order valence-corrected chi connectivity index (χ0v) is 19.1. The molecule has 0 fully saturated rings. The zero-order valence-electron chi connectivity index (χ0n) is 18.3. The summed E-state index contributed by atoms with van der Waals surface area (Å²) in [5, 5.41) is 7.48. The van der Waals surface area contributed by atoms with Gasteiger partial charge in [-0.25, -0.2) is 0 Å². The van der Waals surface area contributed by atoms with Gasteiger partial charge in [-0.2, -0.15) is 15.0 Å². The molecule has 0 saturated heterocycles. The maximum Gasteiger partial charge on any atom is 0.279 e. The maximum atomic E-state index is 12.8. The number of ether oxygens (including phenoxy) is 3. The minimum atomic E-state index is -0.466. The van der Waals surface area contributed by atoms with Crippen molar-refractivity contribution in [2.24, 2.45) is 0 Å². The van der Waals surface area contributed by atoms with Crippen LogP contribution in [-0.2, 0) is 5.41 Å². The monoisotopic (exact) mass is 443 g/mol. The molecule has 0 unspecified atom stereocenters. The first-order valence-corrected chi connectivity index (χ1v) is 10.4. The minimum absolute atomic E-state index is 0.00365. The van der Waals surface area contributed by atoms with Gasteiger partial charge in [-0.05, 0) is 23.1 Å². The number of hydrogen-bond donors (Lipinski definition) is 2. The van der Waals surface area contributed by atoms with Crippen LogP contribution in [0.1, 0.15) is 36.8 Å². The Morgan fingerprint density at radius 3 is 2.32 bits per heavy atom. The first-order valence-electron chi connectivity index (χ1n) is 9.48. The van der Waals surface area contributed by atoms with Crippen molar-refractivity contribution in [1.82, 2.24) is 15.0 Å². The van der Waals surface area contributed by atoms with Gasteiger partial charge in [0, 0.05) is 12.4 Å². The van der Waals surface area contributed by atoms with Crippen LogP contribution in [0.5, 0.6) is 22.7 Å². The number of carbonyl (C=O) groups is 1. The molecule has 3 rings (SSSR count). The lowest BCUT2D eigenvalue weighted by atomic mass is 9.87. The molecule has 1 aromatic carbocycles. The Kier molecular flexibility index (Phi) is 6.59. The molecule has 2 heterocycles. The van der Waals surface area contributed by atoms with E-state index in [9.17, 15) is 4.79 Å². The molecule has 9 nitrogen and oxygen atoms in total. The van der Waals surface area contributed by atoms with Gasteiger partial charge in [0.25, 0.3) is 11.1 Å². The van der Waals surface area contributed by atoms with Crippen molar-refractivity contribution in [3.8, 4) is 22.7 Å². The molecule has 2 N–H and O–H groups in total. The zero-order chi connectivity index (χ0) is 22.6. The number of amides is 1. The molecule has 0 radical (unpaired) electrons. The second-order valence-corrected chi connectivity index (χ2v) is 8.34. The highest BCUT2D eigenvalue weighted by atomic mass is 32.1. The van der Waals surface area contributed by atoms with E-state index in [2.05, 4.69) is 52.4 Å². The smallest absolute Gasteiger partial charge is 0.279 e. The van der Waals surface area contributed by atoms with Crippen LogP contribution in [-0.4, -0.2) is 42.1 Å². The summed E-state index contributed by atoms with van der Waals surface area (Å²) in [4.78, 5) is 25.4. The van der Waals surface area contributed by atoms with Crippen molar-refractivity contribution >= 4 is 28.9 Å². The summed E-state index contributed by atoms with van der Waals surface area (Å²) in [6, 6.07) is 7.81. The maximum absolute atomic E-state index is 12.8. The molecule has 10 heteroatoms. The van der Waals surface area contributed by atoms with Gasteiger partial charge in [-0.3, -0.25) is 4.79 Å². The number of benzene rings is 1. The summed E-state index contributed by atoms with van der Waals surface area (Å²) < 4.78 is 16.4. The molecule has 0 aliphatic carbocycles. The van der Waals surface area contributed by atoms with E-state index in [1.165, 1.54) is 25.6 Å². The average Bonchev–Trinajstić information content (AvgIpc) is 3.21. The van der Waals surface area contributed by atoms with E-state index in [4.69, 9.17) is 14.2 Å². The molecule has 0 aliphatic heterocycles. The molecular formula is C21H25N5O4S. The Balaban J connectivity index is 1.79. The lowest BCUT2D eigenvalue weighted by Crippen LogP contribution is -2.15. The highest BCUT2D eigenvalue weighted by Gasteiger charge is 2.21. The van der Waals surface area contributed by atoms with Gasteiger partial charge in [0.1, 0.15) is 11.4 Å². The number of aromatic nitrogens is 3. The fourth-order valence-electron chi connectivity index (χ4n) is 2.65. The normalized spacial score (nSPS) is 11.0. The third-order valence-electron chi connectivity index (χ3n) is 4.31. The summed E-state index contributed by atoms with van der Waals surface area (Å²) in [6.45, 7) is 6.40. The molecule has 0 atom stereocenters. The van der Waals surface area contributed by atoms with Crippen LogP contribution in [0.4, 0.5) is 11.6 Å². The third kappa shape index (κ3) is 5.21. The molecular weight excluding hydrogens is 418 g/mol. The first kappa shape index (κ1) is 22.3. The van der Waals surface area contributed by atoms with Crippen molar-refractivity contribution in [2.45, 2.75) is 26.2 Å². The molecule has 0 saturated carbocycles. The van der Waals surface area contributed by atoms with Crippen molar-refractivity contribution in [3.05, 3.63) is 40.9 Å². The van der Waals surface area contributed by atoms with Gasteiger partial charge < -0.3 is 24.8 Å². The van der Waals surface area contributed by atoms with E-state index in [-0.39, 0.29) is 28.6 Å². The van der Waals surface area contributed by atoms with Gasteiger partial charge in [0.2, 0.25) is 17.7 Å². The number of hydrogen-bond acceptors (Lipinski definition) is 9. The standard InChI is InChI=1S/C21H25N5O4S/c1-21(2,3)12-8-7-9-13(10-12)30-20-23-14(11-31-20)16(27)24-15-17(28-5)25-19(22-4)26-18(15)29-6/h7-11H,1-6H3,(H,24,27)(H,22,25,26). The highest BCUT2D eigenvalue weighted by Crippen LogP contribution is 2.34. The number of rotatable bonds is 7. The molecule has 164 valence electrons. The Labute approximate surface area is 184 Å². The van der Waals surface area contributed by atoms with E-state index in [0.717, 1.165) is 5.56 Å². The van der Waals surface area contributed by atoms with Crippen LogP contribution in [0.15, 0.2) is 29.6 Å². The predicted molar refractivity (Wildman–Crippen MR) is 120 cm³/mol. The number of nitrogens with one attached hydrogen (secondary N) is 2. The van der Waals surface area contributed by atoms with Crippen molar-refractivity contribution in [3.63, 3.8) is 0 Å². The number of methoxy groups -OCH3 is 2. The van der Waals surface area contributed by atoms with Crippen LogP contribution in [0.25, 0.3) is 0 Å². The number of anilines is 2. The summed E-state index contributed by atoms with van der Waals surface area (Å²) in [5.74, 6) is 0.819. The van der Waals surface area contributed by atoms with Crippen molar-refractivity contribution in [2.75, 3.05) is 31.9 Å². The van der Waals surface area contributed by atoms with Crippen LogP contribution in [0, 0.1) is 0 Å². The predicted octanol–water partition coefficient (Wildman–Crippen LogP) is 4.33. The lowest BCUT2D eigenvalue weighted by Gasteiger charge is -2.19. The van der Waals surface area contributed by atoms with Gasteiger partial charge in [0.05, 0.1) is 14.2 Å². The SMILES string of the molecule is CNc1nc(OC)c(NC(=O)c2csc(Oc3cccc(C(C)(C)C)c3)n2)c(OC)n1. The fraction of sp³-hybridized carbons (Fsp3) is 0.333. The van der Waals surface area contributed by atoms with E-state index in [1.54, 1.807) is 12.4 Å². The minimum Gasteiger partial charge on any atom is -0.479 e. The van der Waals surface area contributed by atoms with Crippen molar-refractivity contribution in [1.29, 1.82) is 0 Å². The third-order valence-corrected chi connectivity index (χ3v) is 5.03. The molecule has 1 amide bonds. The van der Waals surface area contributed by atoms with E-state index in [1.807, 2.05) is 18.2 Å². The summed E-state index contributed by atoms with van der Waals surface area (Å²) >= 11 is 1.22. The molecule has 2 aromatic heterocycles. The van der Waals surface area contributed by atoms with Crippen LogP contribution in [0.3, 0.4) is 0 Å². The summed E-state index contributed by atoms with van der Waals surface area (Å²) in [7, 11) is 4.55. The highest BCUT2D eigenvalue weighted by molar-refractivity contribution is 7.11. The molecule has 0 spiro atoms. The van der Waals surface area contributed by atoms with E-state index < -0.39 is 5.91 Å². The van der Waals surface area contributed by atoms with Gasteiger partial charge in [0.15, 0.2) is 5.69 Å². The summed E-state index contributed by atoms with van der Waals surface area (Å²) in [6.07, 6.45) is 0. The largest absolute Gasteiger partial charge is 0.479 e. The Morgan fingerprint density at radius 1 is 1.06 bits per heavy atom. The Bertz CT molecular complexity index is 1050. The van der Waals surface area contributed by atoms with Crippen LogP contribution >= 0.6 is 11.3 Å². The van der Waals surface area contributed by atoms with Gasteiger partial charge in [-0.15, -0.1) is 0 Å². The number of thiazole rings is 1. The molecule has 31 heavy (non-hydrogen) atoms. The quantitative estimate of drug-likeness (QED) is 0.555. The average molecular weight is 444 g/mol. The fourth-order valence-corrected chi connectivity index (χ4v) is 3.32. The number of nitrogens with zero attached hydrogens (tertiary/aromatic N) is 3. The van der Waals surface area contributed by atoms with E-state index in [0.29, 0.717) is 16.9 Å². The second-order valence-electron chi connectivity index (χ2n) is 7.52. The molecule has 3 aromatic rings. The van der Waals surface area contributed by atoms with Gasteiger partial charge in [-0.1, -0.05) is 44.2 Å². The van der Waals surface area contributed by atoms with Gasteiger partial charge >= 0.3 is 0 Å². The topological polar surface area (TPSA) is 107 Å². The molecule has 0 aliphatic rings. The second kappa shape index (κ2) is 9.17.